The maximum Gasteiger partial charge on any atom is 0.267 e. The first-order valence-corrected chi connectivity index (χ1v) is 48.9. The number of ketones is 6. The van der Waals surface area contributed by atoms with Crippen molar-refractivity contribution in [2.24, 2.45) is 47.3 Å². The van der Waals surface area contributed by atoms with Gasteiger partial charge in [0.15, 0.2) is 23.1 Å². The van der Waals surface area contributed by atoms with Crippen LogP contribution in [-0.4, -0.2) is 251 Å². The van der Waals surface area contributed by atoms with E-state index in [1.165, 1.54) is 9.36 Å². The van der Waals surface area contributed by atoms with Gasteiger partial charge in [0.05, 0.1) is 87.6 Å². The van der Waals surface area contributed by atoms with E-state index in [1.54, 1.807) is 94.7 Å². The second-order valence-corrected chi connectivity index (χ2v) is 40.3. The monoisotopic (exact) mass is 1860 g/mol. The summed E-state index contributed by atoms with van der Waals surface area (Å²) >= 11 is 0. The molecule has 4 amide bonds. The fraction of sp³-hybridized carbons (Fsp3) is 0.604. The predicted octanol–water partition coefficient (Wildman–Crippen LogP) is 7.98. The van der Waals surface area contributed by atoms with Gasteiger partial charge in [-0.3, -0.25) is 66.1 Å². The molecule has 6 N–H and O–H groups in total. The molecule has 722 valence electrons. The van der Waals surface area contributed by atoms with Crippen LogP contribution in [0.5, 0.6) is 0 Å². The number of Topliss-reactive ketones (excluding diaryl/α,β-unsaturated/α-hetero) is 6. The average Bonchev–Trinajstić information content (AvgIpc) is 1.31. The van der Waals surface area contributed by atoms with Crippen LogP contribution in [0.4, 0.5) is 0 Å². The molecule has 2 unspecified atom stereocenters. The minimum atomic E-state index is -4.37. The summed E-state index contributed by atoms with van der Waals surface area (Å²) in [5, 5.41) is 51.3. The van der Waals surface area contributed by atoms with Gasteiger partial charge in [-0.1, -0.05) is 194 Å². The van der Waals surface area contributed by atoms with Crippen molar-refractivity contribution < 1.29 is 97.6 Å². The number of carbonyl (C=O) groups excluding carboxylic acids is 10. The highest BCUT2D eigenvalue weighted by atomic mass is 32.2. The molecule has 35 heteroatoms. The molecule has 1 saturated heterocycles. The second-order valence-electron chi connectivity index (χ2n) is 36.8. The summed E-state index contributed by atoms with van der Waals surface area (Å²) in [5.74, 6) is -10.4. The molecule has 33 nitrogen and oxygen atoms in total. The van der Waals surface area contributed by atoms with Gasteiger partial charge >= 0.3 is 0 Å². The number of amides is 4. The van der Waals surface area contributed by atoms with Gasteiger partial charge in [0, 0.05) is 75.7 Å². The normalized spacial score (nSPS) is 15.6. The molecule has 0 saturated carbocycles. The third kappa shape index (κ3) is 40.5. The molecular weight excluding hydrogens is 1720 g/mol. The fourth-order valence-corrected chi connectivity index (χ4v) is 17.4. The van der Waals surface area contributed by atoms with E-state index in [-0.39, 0.29) is 158 Å². The van der Waals surface area contributed by atoms with Crippen molar-refractivity contribution in [3.63, 3.8) is 0 Å². The van der Waals surface area contributed by atoms with E-state index in [9.17, 15) is 75.0 Å². The molecule has 3 heterocycles. The lowest BCUT2D eigenvalue weighted by atomic mass is 9.86. The van der Waals surface area contributed by atoms with Crippen LogP contribution in [0.25, 0.3) is 0 Å². The number of benzene rings is 4. The van der Waals surface area contributed by atoms with E-state index in [2.05, 4.69) is 41.9 Å². The quantitative estimate of drug-likeness (QED) is 0.0156. The summed E-state index contributed by atoms with van der Waals surface area (Å²) in [4.78, 5) is 147. The van der Waals surface area contributed by atoms with Crippen molar-refractivity contribution in [2.45, 2.75) is 234 Å². The first-order chi connectivity index (χ1) is 62.1. The lowest BCUT2D eigenvalue weighted by molar-refractivity contribution is -0.144. The Morgan fingerprint density at radius 2 is 0.824 bits per heavy atom. The highest BCUT2D eigenvalue weighted by Crippen LogP contribution is 2.27. The first-order valence-electron chi connectivity index (χ1n) is 45.8. The lowest BCUT2D eigenvalue weighted by Crippen LogP contribution is -2.54. The van der Waals surface area contributed by atoms with Crippen LogP contribution in [0.2, 0.25) is 0 Å². The predicted molar refractivity (Wildman–Crippen MR) is 493 cm³/mol. The zero-order chi connectivity index (χ0) is 95.9. The molecule has 131 heavy (non-hydrogen) atoms. The van der Waals surface area contributed by atoms with Crippen LogP contribution in [0.1, 0.15) is 187 Å². The zero-order valence-corrected chi connectivity index (χ0v) is 79.9. The Kier molecular flexibility index (Phi) is 45.4. The van der Waals surface area contributed by atoms with Gasteiger partial charge in [-0.2, -0.15) is 16.8 Å². The molecule has 1 aliphatic rings. The number of aromatic nitrogens is 6. The maximum atomic E-state index is 14.7. The number of hydrogen-bond acceptors (Lipinski definition) is 27. The number of likely N-dealkylation sites (N-methyl/N-ethyl adjacent to an activating group) is 1. The van der Waals surface area contributed by atoms with Gasteiger partial charge in [0.1, 0.15) is 54.0 Å². The SMILES string of the molecule is CCN(C)CC(=O)C[C@@H](CCc1ccccc1)C(=O)N[C@@H](CC(C)C)C(=O)C[C@@H](Cc1ccccc1)C(=O)N[C@@H](CC(C)C)C(=O)C(C)(O)COS(=O)(=O)CCCOCc1cn(Cn2cc(COCCCS(=O)(=O)OCC(C)(O)C(=O)[C@H](CC(C)C)NC(=O)[C@@H](CC(=O)[C@H](CC(C)C)NC(=O)[C@H](CCc3ccccc3)CC(=O)CN3CCOCC3)Cc3ccccc3)nn2)nn1. The van der Waals surface area contributed by atoms with E-state index in [4.69, 9.17) is 22.6 Å². The molecule has 0 radical (unpaired) electrons. The highest BCUT2D eigenvalue weighted by Gasteiger charge is 2.43. The summed E-state index contributed by atoms with van der Waals surface area (Å²) in [5.41, 5.74) is -0.667. The van der Waals surface area contributed by atoms with Crippen molar-refractivity contribution >= 4 is 78.6 Å². The summed E-state index contributed by atoms with van der Waals surface area (Å²) in [6.45, 7) is 20.0. The molecule has 4 aromatic carbocycles. The Bertz CT molecular complexity index is 4760. The van der Waals surface area contributed by atoms with Gasteiger partial charge in [-0.15, -0.1) is 10.2 Å². The smallest absolute Gasteiger partial charge is 0.267 e. The summed E-state index contributed by atoms with van der Waals surface area (Å²) in [6.07, 6.45) is 4.71. The Morgan fingerprint density at radius 3 is 1.19 bits per heavy atom. The largest absolute Gasteiger partial charge is 0.380 e. The van der Waals surface area contributed by atoms with Gasteiger partial charge in [-0.05, 0) is 150 Å². The van der Waals surface area contributed by atoms with Crippen molar-refractivity contribution in [2.75, 3.05) is 90.9 Å². The van der Waals surface area contributed by atoms with Crippen LogP contribution in [0, 0.1) is 47.3 Å². The number of carbonyl (C=O) groups is 10. The molecule has 0 aliphatic carbocycles. The zero-order valence-electron chi connectivity index (χ0n) is 78.3. The minimum Gasteiger partial charge on any atom is -0.380 e. The summed E-state index contributed by atoms with van der Waals surface area (Å²) in [6, 6.07) is 32.5. The Labute approximate surface area is 772 Å². The number of aliphatic hydroxyl groups is 2. The van der Waals surface area contributed by atoms with Crippen molar-refractivity contribution in [3.8, 4) is 0 Å². The van der Waals surface area contributed by atoms with Crippen molar-refractivity contribution in [1.82, 2.24) is 61.1 Å². The Balaban J connectivity index is 0.845. The molecule has 2 aromatic heterocycles. The molecule has 0 bridgehead atoms. The van der Waals surface area contributed by atoms with Crippen molar-refractivity contribution in [3.05, 3.63) is 167 Å². The molecule has 0 spiro atoms. The maximum absolute atomic E-state index is 14.7. The van der Waals surface area contributed by atoms with E-state index in [1.807, 2.05) is 118 Å². The third-order valence-corrected chi connectivity index (χ3v) is 25.2. The standard InChI is InChI=1S/C96H140N12O21S2/c1-13-105(12)60-81(109)54-75(38-36-71-28-18-14-19-29-71)91(115)97-83(48-67(2)3)87(111)56-77(52-73-32-22-16-23-33-73)93(117)99-85(50-69(6)7)89(113)95(10,119)64-128-130(121,122)46-26-42-126-62-79-58-107(103-101-79)66-108-59-80(102-104-108)63-127-43-27-47-131(123,124)129-65-96(11,120)90(114)86(51-70(8)9)100-94(118)78(53-74-34-24-17-25-35-74)57-88(112)84(49-68(4)5)98-92(116)76(39-37-72-30-20-15-21-31-72)55-82(110)61-106-40-44-125-45-41-106/h14-25,28-35,58-59,67-70,75-78,83-86,119-120H,13,26-27,36-57,60-66H2,1-12H3,(H,97,115)(H,98,116)(H,99,117)(H,100,118)/t75-,76-,77-,78-,83+,84+,85+,86+,95?,96?/m1/s1. The number of nitrogens with one attached hydrogen (secondary N) is 4. The Hall–Kier alpha value is -9.40. The number of morpholine rings is 1. The minimum absolute atomic E-state index is 0.0284. The average molecular weight is 1860 g/mol. The molecule has 6 aromatic rings. The molecule has 1 aliphatic heterocycles. The molecule has 10 atom stereocenters. The molecular formula is C96H140N12O21S2. The van der Waals surface area contributed by atoms with Crippen LogP contribution >= 0.6 is 0 Å². The third-order valence-electron chi connectivity index (χ3n) is 22.6. The molecule has 1 fully saturated rings. The second kappa shape index (κ2) is 54.7. The number of nitrogens with zero attached hydrogens (tertiary/aromatic N) is 8. The van der Waals surface area contributed by atoms with Gasteiger partial charge in [0.25, 0.3) is 20.2 Å². The topological polar surface area (TPSA) is 442 Å². The van der Waals surface area contributed by atoms with Crippen LogP contribution in [0.3, 0.4) is 0 Å². The number of rotatable bonds is 65. The summed E-state index contributed by atoms with van der Waals surface area (Å²) < 4.78 is 83.3. The number of hydrogen-bond donors (Lipinski definition) is 6. The Morgan fingerprint density at radius 1 is 0.481 bits per heavy atom. The van der Waals surface area contributed by atoms with Gasteiger partial charge < -0.3 is 45.7 Å². The van der Waals surface area contributed by atoms with Crippen LogP contribution < -0.4 is 21.3 Å². The van der Waals surface area contributed by atoms with Crippen LogP contribution in [0.15, 0.2) is 134 Å². The van der Waals surface area contributed by atoms with E-state index in [0.717, 1.165) is 30.5 Å². The first kappa shape index (κ1) is 109. The lowest BCUT2D eigenvalue weighted by Gasteiger charge is -2.30. The van der Waals surface area contributed by atoms with Crippen molar-refractivity contribution in [1.29, 1.82) is 0 Å². The van der Waals surface area contributed by atoms with E-state index >= 15 is 0 Å². The van der Waals surface area contributed by atoms with E-state index in [0.29, 0.717) is 75.5 Å². The highest BCUT2D eigenvalue weighted by molar-refractivity contribution is 7.86. The van der Waals surface area contributed by atoms with Gasteiger partial charge in [0.2, 0.25) is 23.6 Å². The molecule has 7 rings (SSSR count). The fourth-order valence-electron chi connectivity index (χ4n) is 15.4. The summed E-state index contributed by atoms with van der Waals surface area (Å²) in [7, 11) is -6.91. The number of aryl methyl sites for hydroxylation is 2. The van der Waals surface area contributed by atoms with Gasteiger partial charge in [-0.25, -0.2) is 9.36 Å². The number of ether oxygens (including phenoxy) is 3. The van der Waals surface area contributed by atoms with Crippen LogP contribution in [-0.2, 0) is 136 Å². The van der Waals surface area contributed by atoms with E-state index < -0.39 is 151 Å².